The lowest BCUT2D eigenvalue weighted by atomic mass is 10.4. The van der Waals surface area contributed by atoms with Crippen molar-refractivity contribution in [3.63, 3.8) is 0 Å². The Morgan fingerprint density at radius 2 is 2.62 bits per heavy atom. The van der Waals surface area contributed by atoms with Crippen molar-refractivity contribution in [3.8, 4) is 0 Å². The summed E-state index contributed by atoms with van der Waals surface area (Å²) < 4.78 is 21.5. The van der Waals surface area contributed by atoms with Gasteiger partial charge in [-0.1, -0.05) is 6.92 Å². The number of nitrogens with zero attached hydrogens (tertiary/aromatic N) is 1. The molecule has 0 radical (unpaired) electrons. The maximum atomic E-state index is 10.1. The van der Waals surface area contributed by atoms with Gasteiger partial charge in [0.2, 0.25) is 0 Å². The van der Waals surface area contributed by atoms with Crippen molar-refractivity contribution in [2.24, 2.45) is 0 Å². The van der Waals surface area contributed by atoms with E-state index >= 15 is 0 Å². The molecule has 3 unspecified atom stereocenters. The molecule has 0 aromatic rings. The highest BCUT2D eigenvalue weighted by Crippen LogP contribution is 2.20. The van der Waals surface area contributed by atoms with E-state index in [-0.39, 0.29) is 0 Å². The zero-order valence-electron chi connectivity index (χ0n) is 4.66. The Kier molecular flexibility index (Phi) is 1.65. The molecule has 0 aromatic heterocycles. The molecule has 1 aliphatic heterocycles. The van der Waals surface area contributed by atoms with Crippen molar-refractivity contribution in [1.82, 2.24) is 4.31 Å². The van der Waals surface area contributed by atoms with Crippen molar-refractivity contribution in [1.29, 1.82) is 0 Å². The third-order valence-corrected chi connectivity index (χ3v) is 2.16. The summed E-state index contributed by atoms with van der Waals surface area (Å²) in [5.74, 6) is 0. The van der Waals surface area contributed by atoms with Gasteiger partial charge in [0, 0.05) is 23.9 Å². The lowest BCUT2D eigenvalue weighted by Crippen LogP contribution is -2.03. The van der Waals surface area contributed by atoms with Gasteiger partial charge in [-0.3, -0.25) is 4.21 Å². The van der Waals surface area contributed by atoms with E-state index in [0.29, 0.717) is 6.04 Å². The van der Waals surface area contributed by atoms with Crippen molar-refractivity contribution >= 4 is 11.3 Å². The van der Waals surface area contributed by atoms with Gasteiger partial charge in [0.25, 0.3) is 0 Å². The summed E-state index contributed by atoms with van der Waals surface area (Å²) in [7, 11) is 0. The van der Waals surface area contributed by atoms with Crippen LogP contribution in [0.25, 0.3) is 0 Å². The summed E-state index contributed by atoms with van der Waals surface area (Å²) in [5, 5.41) is 0. The quantitative estimate of drug-likeness (QED) is 0.390. The SMILES string of the molecule is CCC1CN1S(=O)[O-]. The predicted molar refractivity (Wildman–Crippen MR) is 29.7 cm³/mol. The Morgan fingerprint density at radius 3 is 2.75 bits per heavy atom. The summed E-state index contributed by atoms with van der Waals surface area (Å²) in [6, 6.07) is 0.313. The van der Waals surface area contributed by atoms with Gasteiger partial charge in [-0.2, -0.15) is 0 Å². The molecule has 0 aromatic carbocycles. The summed E-state index contributed by atoms with van der Waals surface area (Å²) in [4.78, 5) is 0. The first kappa shape index (κ1) is 6.19. The van der Waals surface area contributed by atoms with E-state index in [9.17, 15) is 8.76 Å². The minimum Gasteiger partial charge on any atom is -0.760 e. The van der Waals surface area contributed by atoms with Crippen LogP contribution in [0.1, 0.15) is 13.3 Å². The van der Waals surface area contributed by atoms with Crippen molar-refractivity contribution in [3.05, 3.63) is 0 Å². The third-order valence-electron chi connectivity index (χ3n) is 1.33. The van der Waals surface area contributed by atoms with E-state index in [1.165, 1.54) is 4.31 Å². The second kappa shape index (κ2) is 2.13. The molecule has 3 atom stereocenters. The van der Waals surface area contributed by atoms with E-state index in [2.05, 4.69) is 0 Å². The van der Waals surface area contributed by atoms with Gasteiger partial charge in [0.1, 0.15) is 0 Å². The molecule has 1 heterocycles. The number of rotatable bonds is 2. The normalized spacial score (nSPS) is 39.2. The summed E-state index contributed by atoms with van der Waals surface area (Å²) in [5.41, 5.74) is 0. The molecule has 1 aliphatic rings. The smallest absolute Gasteiger partial charge is 0.0350 e. The van der Waals surface area contributed by atoms with Crippen LogP contribution in [0.2, 0.25) is 0 Å². The topological polar surface area (TPSA) is 43.1 Å². The lowest BCUT2D eigenvalue weighted by Gasteiger charge is -2.03. The maximum absolute atomic E-state index is 10.1. The Hall–Kier alpha value is 0.0700. The Balaban J connectivity index is 2.26. The maximum Gasteiger partial charge on any atom is 0.0350 e. The molecule has 0 spiro atoms. The van der Waals surface area contributed by atoms with E-state index in [4.69, 9.17) is 0 Å². The third kappa shape index (κ3) is 1.07. The Labute approximate surface area is 51.1 Å². The first-order chi connectivity index (χ1) is 3.75. The molecule has 3 nitrogen and oxygen atoms in total. The molecule has 4 heteroatoms. The Morgan fingerprint density at radius 1 is 2.00 bits per heavy atom. The fourth-order valence-electron chi connectivity index (χ4n) is 0.676. The average Bonchev–Trinajstić information content (AvgIpc) is 2.42. The summed E-state index contributed by atoms with van der Waals surface area (Å²) >= 11 is -1.95. The zero-order valence-corrected chi connectivity index (χ0v) is 5.48. The van der Waals surface area contributed by atoms with Gasteiger partial charge in [-0.15, -0.1) is 0 Å². The molecule has 0 N–H and O–H groups in total. The molecular formula is C4H8NO2S-. The van der Waals surface area contributed by atoms with E-state index < -0.39 is 11.3 Å². The van der Waals surface area contributed by atoms with Gasteiger partial charge in [0.15, 0.2) is 0 Å². The summed E-state index contributed by atoms with van der Waals surface area (Å²) in [6.45, 7) is 2.71. The van der Waals surface area contributed by atoms with Gasteiger partial charge in [-0.05, 0) is 6.42 Å². The minimum atomic E-state index is -1.95. The molecule has 1 saturated heterocycles. The van der Waals surface area contributed by atoms with Crippen LogP contribution in [0.3, 0.4) is 0 Å². The van der Waals surface area contributed by atoms with Crippen LogP contribution in [-0.2, 0) is 11.3 Å². The van der Waals surface area contributed by atoms with Crippen molar-refractivity contribution in [2.75, 3.05) is 6.54 Å². The largest absolute Gasteiger partial charge is 0.760 e. The van der Waals surface area contributed by atoms with E-state index in [1.54, 1.807) is 0 Å². The zero-order chi connectivity index (χ0) is 6.15. The molecule has 0 bridgehead atoms. The highest BCUT2D eigenvalue weighted by atomic mass is 32.2. The highest BCUT2D eigenvalue weighted by Gasteiger charge is 2.32. The van der Waals surface area contributed by atoms with Crippen LogP contribution in [-0.4, -0.2) is 25.7 Å². The van der Waals surface area contributed by atoms with Crippen LogP contribution in [0.4, 0.5) is 0 Å². The van der Waals surface area contributed by atoms with Crippen molar-refractivity contribution < 1.29 is 8.76 Å². The molecular weight excluding hydrogens is 126 g/mol. The van der Waals surface area contributed by atoms with Gasteiger partial charge < -0.3 is 4.55 Å². The molecule has 8 heavy (non-hydrogen) atoms. The minimum absolute atomic E-state index is 0.313. The molecule has 48 valence electrons. The second-order valence-electron chi connectivity index (χ2n) is 1.88. The van der Waals surface area contributed by atoms with Gasteiger partial charge >= 0.3 is 0 Å². The van der Waals surface area contributed by atoms with E-state index in [0.717, 1.165) is 13.0 Å². The fourth-order valence-corrected chi connectivity index (χ4v) is 1.36. The fraction of sp³-hybridized carbons (Fsp3) is 1.00. The molecule has 1 rings (SSSR count). The number of hydrogen-bond acceptors (Lipinski definition) is 2. The van der Waals surface area contributed by atoms with E-state index in [1.807, 2.05) is 6.92 Å². The van der Waals surface area contributed by atoms with Gasteiger partial charge in [0.05, 0.1) is 0 Å². The highest BCUT2D eigenvalue weighted by molar-refractivity contribution is 7.76. The molecule has 0 aliphatic carbocycles. The standard InChI is InChI=1S/C4H9NO2S/c1-2-4-3-5(4)8(6)7/h4H,2-3H2,1H3,(H,6,7)/p-1. The van der Waals surface area contributed by atoms with Crippen LogP contribution in [0, 0.1) is 0 Å². The summed E-state index contributed by atoms with van der Waals surface area (Å²) in [6.07, 6.45) is 0.938. The van der Waals surface area contributed by atoms with Crippen LogP contribution in [0.5, 0.6) is 0 Å². The van der Waals surface area contributed by atoms with Crippen LogP contribution < -0.4 is 0 Å². The predicted octanol–water partition coefficient (Wildman–Crippen LogP) is -0.125. The number of hydrogen-bond donors (Lipinski definition) is 0. The first-order valence-corrected chi connectivity index (χ1v) is 3.65. The van der Waals surface area contributed by atoms with Crippen molar-refractivity contribution in [2.45, 2.75) is 19.4 Å². The second-order valence-corrected chi connectivity index (χ2v) is 2.78. The van der Waals surface area contributed by atoms with Gasteiger partial charge in [-0.25, -0.2) is 4.31 Å². The van der Waals surface area contributed by atoms with Crippen LogP contribution in [0.15, 0.2) is 0 Å². The van der Waals surface area contributed by atoms with Crippen LogP contribution >= 0.6 is 0 Å². The lowest BCUT2D eigenvalue weighted by molar-refractivity contribution is 0.495. The molecule has 0 saturated carbocycles. The Bertz CT molecular complexity index is 117. The monoisotopic (exact) mass is 134 g/mol. The average molecular weight is 134 g/mol. The molecule has 0 amide bonds. The molecule has 1 fully saturated rings. The first-order valence-electron chi connectivity index (χ1n) is 2.61.